The Kier molecular flexibility index (Phi) is 4.79. The third-order valence-electron chi connectivity index (χ3n) is 3.58. The van der Waals surface area contributed by atoms with E-state index in [0.29, 0.717) is 0 Å². The molecule has 1 aliphatic rings. The molecule has 1 aliphatic heterocycles. The molecule has 5 heteroatoms. The van der Waals surface area contributed by atoms with Crippen LogP contribution >= 0.6 is 38.9 Å². The van der Waals surface area contributed by atoms with Crippen molar-refractivity contribution in [2.45, 2.75) is 6.04 Å². The van der Waals surface area contributed by atoms with E-state index in [4.69, 9.17) is 11.6 Å². The first-order valence-corrected chi connectivity index (χ1v) is 8.74. The van der Waals surface area contributed by atoms with Gasteiger partial charge in [-0.15, -0.1) is 11.3 Å². The summed E-state index contributed by atoms with van der Waals surface area (Å²) in [7, 11) is 0. The number of halogens is 2. The van der Waals surface area contributed by atoms with Crippen LogP contribution in [0.2, 0.25) is 5.02 Å². The van der Waals surface area contributed by atoms with Crippen LogP contribution in [-0.4, -0.2) is 31.1 Å². The molecule has 0 radical (unpaired) electrons. The van der Waals surface area contributed by atoms with Gasteiger partial charge < -0.3 is 5.32 Å². The Morgan fingerprint density at radius 1 is 1.25 bits per heavy atom. The van der Waals surface area contributed by atoms with E-state index >= 15 is 0 Å². The van der Waals surface area contributed by atoms with E-state index in [-0.39, 0.29) is 6.04 Å². The molecular weight excluding hydrogens is 356 g/mol. The van der Waals surface area contributed by atoms with Gasteiger partial charge in [0.25, 0.3) is 0 Å². The molecule has 1 atom stereocenters. The van der Waals surface area contributed by atoms with Crippen molar-refractivity contribution in [2.75, 3.05) is 26.2 Å². The number of hydrogen-bond donors (Lipinski definition) is 1. The van der Waals surface area contributed by atoms with Gasteiger partial charge in [0.1, 0.15) is 0 Å². The fourth-order valence-electron chi connectivity index (χ4n) is 2.64. The molecule has 0 unspecified atom stereocenters. The summed E-state index contributed by atoms with van der Waals surface area (Å²) in [5, 5.41) is 6.35. The summed E-state index contributed by atoms with van der Waals surface area (Å²) in [4.78, 5) is 3.90. The zero-order valence-corrected chi connectivity index (χ0v) is 14.1. The summed E-state index contributed by atoms with van der Waals surface area (Å²) < 4.78 is 1.12. The maximum atomic E-state index is 6.21. The minimum atomic E-state index is 0.283. The molecule has 20 heavy (non-hydrogen) atoms. The van der Waals surface area contributed by atoms with Crippen LogP contribution in [0.1, 0.15) is 16.5 Å². The van der Waals surface area contributed by atoms with Crippen molar-refractivity contribution in [1.82, 2.24) is 10.2 Å². The number of hydrogen-bond acceptors (Lipinski definition) is 3. The standard InChI is InChI=1S/C15H16BrClN2S/c16-13-4-3-11(17)10-12(13)15(14-2-1-9-20-14)19-7-5-18-6-8-19/h1-4,9-10,15,18H,5-8H2/t15-/m1/s1. The zero-order chi connectivity index (χ0) is 13.9. The van der Waals surface area contributed by atoms with Gasteiger partial charge in [0.15, 0.2) is 0 Å². The van der Waals surface area contributed by atoms with Crippen molar-refractivity contribution in [2.24, 2.45) is 0 Å². The Bertz CT molecular complexity index is 567. The van der Waals surface area contributed by atoms with E-state index in [0.717, 1.165) is 35.7 Å². The molecule has 1 saturated heterocycles. The van der Waals surface area contributed by atoms with E-state index in [1.54, 1.807) is 0 Å². The summed E-state index contributed by atoms with van der Waals surface area (Å²) in [6, 6.07) is 10.7. The number of piperazine rings is 1. The molecular formula is C15H16BrClN2S. The van der Waals surface area contributed by atoms with Crippen molar-refractivity contribution in [3.05, 3.63) is 55.6 Å². The van der Waals surface area contributed by atoms with Crippen molar-refractivity contribution in [3.8, 4) is 0 Å². The van der Waals surface area contributed by atoms with Crippen LogP contribution in [0.5, 0.6) is 0 Å². The normalized spacial score (nSPS) is 18.1. The lowest BCUT2D eigenvalue weighted by atomic mass is 10.0. The van der Waals surface area contributed by atoms with Crippen molar-refractivity contribution < 1.29 is 0 Å². The molecule has 0 aliphatic carbocycles. The minimum absolute atomic E-state index is 0.283. The summed E-state index contributed by atoms with van der Waals surface area (Å²) in [5.74, 6) is 0. The van der Waals surface area contributed by atoms with Crippen LogP contribution in [0.15, 0.2) is 40.2 Å². The first-order valence-electron chi connectivity index (χ1n) is 6.69. The highest BCUT2D eigenvalue weighted by atomic mass is 79.9. The Labute approximate surface area is 136 Å². The van der Waals surface area contributed by atoms with Gasteiger partial charge in [-0.3, -0.25) is 4.90 Å². The van der Waals surface area contributed by atoms with Gasteiger partial charge in [0, 0.05) is 40.6 Å². The number of rotatable bonds is 3. The lowest BCUT2D eigenvalue weighted by Gasteiger charge is -2.35. The minimum Gasteiger partial charge on any atom is -0.314 e. The second-order valence-corrected chi connectivity index (χ2v) is 7.14. The number of nitrogens with one attached hydrogen (secondary N) is 1. The molecule has 0 amide bonds. The third kappa shape index (κ3) is 3.10. The topological polar surface area (TPSA) is 15.3 Å². The summed E-state index contributed by atoms with van der Waals surface area (Å²) >= 11 is 11.7. The maximum absolute atomic E-state index is 6.21. The fourth-order valence-corrected chi connectivity index (χ4v) is 4.16. The quantitative estimate of drug-likeness (QED) is 0.871. The Balaban J connectivity index is 2.02. The fraction of sp³-hybridized carbons (Fsp3) is 0.333. The van der Waals surface area contributed by atoms with Crippen molar-refractivity contribution in [3.63, 3.8) is 0 Å². The first kappa shape index (κ1) is 14.5. The molecule has 2 aromatic rings. The third-order valence-corrected chi connectivity index (χ3v) is 5.46. The zero-order valence-electron chi connectivity index (χ0n) is 11.0. The van der Waals surface area contributed by atoms with Gasteiger partial charge in [-0.2, -0.15) is 0 Å². The maximum Gasteiger partial charge on any atom is 0.0708 e. The van der Waals surface area contributed by atoms with E-state index in [9.17, 15) is 0 Å². The van der Waals surface area contributed by atoms with Gasteiger partial charge >= 0.3 is 0 Å². The summed E-state index contributed by atoms with van der Waals surface area (Å²) in [6.07, 6.45) is 0. The summed E-state index contributed by atoms with van der Waals surface area (Å²) in [5.41, 5.74) is 1.25. The van der Waals surface area contributed by atoms with E-state index in [1.807, 2.05) is 23.5 Å². The van der Waals surface area contributed by atoms with Gasteiger partial charge in [0.05, 0.1) is 6.04 Å². The van der Waals surface area contributed by atoms with Crippen LogP contribution < -0.4 is 5.32 Å². The molecule has 3 rings (SSSR count). The van der Waals surface area contributed by atoms with Gasteiger partial charge in [-0.25, -0.2) is 0 Å². The average Bonchev–Trinajstić information content (AvgIpc) is 2.98. The molecule has 1 N–H and O–H groups in total. The molecule has 2 heterocycles. The van der Waals surface area contributed by atoms with Crippen LogP contribution in [0.3, 0.4) is 0 Å². The van der Waals surface area contributed by atoms with Crippen LogP contribution in [0.25, 0.3) is 0 Å². The van der Waals surface area contributed by atoms with E-state index < -0.39 is 0 Å². The van der Waals surface area contributed by atoms with Gasteiger partial charge in [-0.05, 0) is 35.2 Å². The lowest BCUT2D eigenvalue weighted by molar-refractivity contribution is 0.200. The second-order valence-electron chi connectivity index (χ2n) is 4.87. The van der Waals surface area contributed by atoms with Crippen LogP contribution in [0.4, 0.5) is 0 Å². The molecule has 1 aromatic carbocycles. The summed E-state index contributed by atoms with van der Waals surface area (Å²) in [6.45, 7) is 4.20. The lowest BCUT2D eigenvalue weighted by Crippen LogP contribution is -2.45. The van der Waals surface area contributed by atoms with Gasteiger partial charge in [0.2, 0.25) is 0 Å². The smallest absolute Gasteiger partial charge is 0.0708 e. The SMILES string of the molecule is Clc1ccc(Br)c([C@H](c2cccs2)N2CCNCC2)c1. The van der Waals surface area contributed by atoms with Crippen molar-refractivity contribution in [1.29, 1.82) is 0 Å². The molecule has 1 aromatic heterocycles. The largest absolute Gasteiger partial charge is 0.314 e. The van der Waals surface area contributed by atoms with Crippen LogP contribution in [0, 0.1) is 0 Å². The molecule has 0 bridgehead atoms. The monoisotopic (exact) mass is 370 g/mol. The highest BCUT2D eigenvalue weighted by Gasteiger charge is 2.26. The molecule has 0 saturated carbocycles. The average molecular weight is 372 g/mol. The van der Waals surface area contributed by atoms with E-state index in [1.165, 1.54) is 10.4 Å². The Morgan fingerprint density at radius 3 is 2.75 bits per heavy atom. The highest BCUT2D eigenvalue weighted by molar-refractivity contribution is 9.10. The highest BCUT2D eigenvalue weighted by Crippen LogP contribution is 2.37. The second kappa shape index (κ2) is 6.58. The predicted octanol–water partition coefficient (Wildman–Crippen LogP) is 4.16. The molecule has 1 fully saturated rings. The van der Waals surface area contributed by atoms with Gasteiger partial charge in [-0.1, -0.05) is 33.6 Å². The number of nitrogens with zero attached hydrogens (tertiary/aromatic N) is 1. The molecule has 2 nitrogen and oxygen atoms in total. The predicted molar refractivity (Wildman–Crippen MR) is 89.8 cm³/mol. The Morgan fingerprint density at radius 2 is 2.05 bits per heavy atom. The van der Waals surface area contributed by atoms with Crippen LogP contribution in [-0.2, 0) is 0 Å². The van der Waals surface area contributed by atoms with Crippen molar-refractivity contribution >= 4 is 38.9 Å². The molecule has 0 spiro atoms. The number of benzene rings is 1. The van der Waals surface area contributed by atoms with E-state index in [2.05, 4.69) is 49.7 Å². The number of thiophene rings is 1. The molecule has 106 valence electrons. The Hall–Kier alpha value is -0.390. The first-order chi connectivity index (χ1) is 9.75.